The number of amides is 1. The monoisotopic (exact) mass is 332 g/mol. The lowest BCUT2D eigenvalue weighted by Gasteiger charge is -2.47. The highest BCUT2D eigenvalue weighted by Crippen LogP contribution is 2.48. The Morgan fingerprint density at radius 2 is 2.33 bits per heavy atom. The topological polar surface area (TPSA) is 102 Å². The van der Waals surface area contributed by atoms with E-state index in [1.165, 1.54) is 4.90 Å². The van der Waals surface area contributed by atoms with Gasteiger partial charge in [-0.2, -0.15) is 9.36 Å². The first-order valence-electron chi connectivity index (χ1n) is 8.25. The molecule has 0 aromatic carbocycles. The van der Waals surface area contributed by atoms with Crippen molar-refractivity contribution < 1.29 is 24.5 Å². The third kappa shape index (κ3) is 1.95. The van der Waals surface area contributed by atoms with Crippen molar-refractivity contribution in [3.8, 4) is 0 Å². The Morgan fingerprint density at radius 3 is 2.96 bits per heavy atom. The van der Waals surface area contributed by atoms with Gasteiger partial charge in [0.15, 0.2) is 0 Å². The fourth-order valence-corrected chi connectivity index (χ4v) is 4.55. The van der Waals surface area contributed by atoms with E-state index in [0.717, 1.165) is 18.7 Å². The van der Waals surface area contributed by atoms with Crippen LogP contribution in [0.15, 0.2) is 23.9 Å². The SMILES string of the molecule is C[C@@H](O)[C@H]1C(=O)N2C(C(=O)[O-])=C(CC3Cn4cnc[n+]4C3)[C@H](C)[C@H]12. The quantitative estimate of drug-likeness (QED) is 0.510. The second kappa shape index (κ2) is 5.14. The van der Waals surface area contributed by atoms with Gasteiger partial charge in [0, 0.05) is 11.8 Å². The second-order valence-electron chi connectivity index (χ2n) is 7.11. The molecule has 4 heterocycles. The molecule has 0 unspecified atom stereocenters. The average molecular weight is 332 g/mol. The Bertz CT molecular complexity index is 733. The molecule has 1 fully saturated rings. The summed E-state index contributed by atoms with van der Waals surface area (Å²) in [5.41, 5.74) is 0.787. The third-order valence-corrected chi connectivity index (χ3v) is 5.64. The molecule has 1 amide bonds. The van der Waals surface area contributed by atoms with Crippen molar-refractivity contribution in [2.75, 3.05) is 0 Å². The fourth-order valence-electron chi connectivity index (χ4n) is 4.55. The Morgan fingerprint density at radius 1 is 1.58 bits per heavy atom. The van der Waals surface area contributed by atoms with Crippen LogP contribution in [0.5, 0.6) is 0 Å². The number of carbonyl (C=O) groups is 2. The standard InChI is InChI=1S/C16H20N4O4/c1-8-11(3-10-4-18-6-17-7-19(18)5-10)14(16(23)24)20-13(8)12(9(2)21)15(20)22/h6-10,12-13,21H,3-5H2,1-2H3/t8-,9+,12+,13+/m0/s1. The van der Waals surface area contributed by atoms with E-state index in [1.54, 1.807) is 19.6 Å². The van der Waals surface area contributed by atoms with Crippen LogP contribution >= 0.6 is 0 Å². The Labute approximate surface area is 139 Å². The first kappa shape index (κ1) is 15.3. The van der Waals surface area contributed by atoms with Crippen LogP contribution in [-0.4, -0.2) is 43.7 Å². The maximum atomic E-state index is 12.3. The molecular formula is C16H20N4O4. The lowest BCUT2D eigenvalue weighted by molar-refractivity contribution is -0.761. The maximum absolute atomic E-state index is 12.3. The molecule has 0 radical (unpaired) electrons. The van der Waals surface area contributed by atoms with Crippen LogP contribution in [0.4, 0.5) is 0 Å². The third-order valence-electron chi connectivity index (χ3n) is 5.64. The van der Waals surface area contributed by atoms with Gasteiger partial charge in [-0.05, 0) is 23.9 Å². The number of carboxylic acids is 1. The number of fused-ring (bicyclic) bond motifs is 2. The number of aliphatic hydroxyl groups is 1. The van der Waals surface area contributed by atoms with E-state index in [9.17, 15) is 19.8 Å². The molecule has 0 bridgehead atoms. The minimum Gasteiger partial charge on any atom is -0.543 e. The van der Waals surface area contributed by atoms with Gasteiger partial charge in [-0.1, -0.05) is 6.92 Å². The average Bonchev–Trinajstić information content (AvgIpc) is 3.12. The van der Waals surface area contributed by atoms with E-state index in [2.05, 4.69) is 4.98 Å². The van der Waals surface area contributed by atoms with Crippen LogP contribution in [0.2, 0.25) is 0 Å². The van der Waals surface area contributed by atoms with Crippen molar-refractivity contribution in [1.29, 1.82) is 0 Å². The van der Waals surface area contributed by atoms with Gasteiger partial charge in [0.2, 0.25) is 12.2 Å². The number of aliphatic carboxylic acids is 1. The van der Waals surface area contributed by atoms with Crippen LogP contribution in [0, 0.1) is 17.8 Å². The molecule has 3 aliphatic heterocycles. The summed E-state index contributed by atoms with van der Waals surface area (Å²) in [5, 5.41) is 21.5. The van der Waals surface area contributed by atoms with Gasteiger partial charge in [0.25, 0.3) is 0 Å². The van der Waals surface area contributed by atoms with Gasteiger partial charge < -0.3 is 19.9 Å². The van der Waals surface area contributed by atoms with Crippen molar-refractivity contribution in [2.45, 2.75) is 45.5 Å². The molecule has 1 N–H and O–H groups in total. The summed E-state index contributed by atoms with van der Waals surface area (Å²) in [6.07, 6.45) is 3.34. The highest BCUT2D eigenvalue weighted by molar-refractivity contribution is 5.99. The lowest BCUT2D eigenvalue weighted by atomic mass is 9.76. The Hall–Kier alpha value is -2.22. The minimum atomic E-state index is -1.30. The van der Waals surface area contributed by atoms with Gasteiger partial charge in [-0.25, -0.2) is 0 Å². The highest BCUT2D eigenvalue weighted by Gasteiger charge is 2.58. The number of rotatable bonds is 4. The first-order chi connectivity index (χ1) is 11.4. The van der Waals surface area contributed by atoms with Crippen LogP contribution in [0.1, 0.15) is 20.3 Å². The van der Waals surface area contributed by atoms with Gasteiger partial charge in [-0.15, -0.1) is 0 Å². The largest absolute Gasteiger partial charge is 0.543 e. The van der Waals surface area contributed by atoms with Crippen molar-refractivity contribution >= 4 is 11.9 Å². The second-order valence-corrected chi connectivity index (χ2v) is 7.11. The molecule has 1 aromatic rings. The predicted molar refractivity (Wildman–Crippen MR) is 77.5 cm³/mol. The molecule has 0 saturated carbocycles. The molecule has 8 nitrogen and oxygen atoms in total. The van der Waals surface area contributed by atoms with E-state index in [4.69, 9.17) is 0 Å². The molecule has 8 heteroatoms. The summed E-state index contributed by atoms with van der Waals surface area (Å²) in [5.74, 6) is -1.96. The number of nitrogens with zero attached hydrogens (tertiary/aromatic N) is 4. The summed E-state index contributed by atoms with van der Waals surface area (Å²) >= 11 is 0. The highest BCUT2D eigenvalue weighted by atomic mass is 16.4. The number of carboxylic acid groups (broad SMARTS) is 1. The lowest BCUT2D eigenvalue weighted by Crippen LogP contribution is -2.64. The van der Waals surface area contributed by atoms with Crippen LogP contribution < -0.4 is 9.79 Å². The summed E-state index contributed by atoms with van der Waals surface area (Å²) in [6, 6.07) is -0.268. The van der Waals surface area contributed by atoms with E-state index in [0.29, 0.717) is 6.42 Å². The molecular weight excluding hydrogens is 312 g/mol. The van der Waals surface area contributed by atoms with Crippen molar-refractivity contribution in [3.05, 3.63) is 23.9 Å². The molecule has 0 aliphatic carbocycles. The Kier molecular flexibility index (Phi) is 3.28. The molecule has 24 heavy (non-hydrogen) atoms. The van der Waals surface area contributed by atoms with Crippen molar-refractivity contribution in [1.82, 2.24) is 14.6 Å². The Balaban J connectivity index is 1.61. The number of aliphatic hydroxyl groups excluding tert-OH is 1. The maximum Gasteiger partial charge on any atom is 0.306 e. The molecule has 1 saturated heterocycles. The molecule has 0 spiro atoms. The number of carbonyl (C=O) groups excluding carboxylic acids is 2. The van der Waals surface area contributed by atoms with Gasteiger partial charge in [0.1, 0.15) is 6.54 Å². The van der Waals surface area contributed by atoms with Crippen molar-refractivity contribution in [3.63, 3.8) is 0 Å². The van der Waals surface area contributed by atoms with Crippen LogP contribution in [0.25, 0.3) is 0 Å². The zero-order valence-electron chi connectivity index (χ0n) is 13.6. The van der Waals surface area contributed by atoms with Crippen LogP contribution in [-0.2, 0) is 22.7 Å². The first-order valence-corrected chi connectivity index (χ1v) is 8.25. The van der Waals surface area contributed by atoms with Crippen LogP contribution in [0.3, 0.4) is 0 Å². The van der Waals surface area contributed by atoms with Gasteiger partial charge >= 0.3 is 6.33 Å². The van der Waals surface area contributed by atoms with E-state index in [-0.39, 0.29) is 29.5 Å². The number of β-lactam (4-membered cyclic amide) rings is 1. The molecule has 1 aromatic heterocycles. The summed E-state index contributed by atoms with van der Waals surface area (Å²) in [4.78, 5) is 29.4. The van der Waals surface area contributed by atoms with E-state index >= 15 is 0 Å². The zero-order valence-corrected chi connectivity index (χ0v) is 13.6. The number of hydrogen-bond donors (Lipinski definition) is 1. The summed E-state index contributed by atoms with van der Waals surface area (Å²) in [7, 11) is 0. The predicted octanol–water partition coefficient (Wildman–Crippen LogP) is -1.95. The van der Waals surface area contributed by atoms with Crippen molar-refractivity contribution in [2.24, 2.45) is 17.8 Å². The minimum absolute atomic E-state index is 0.0223. The van der Waals surface area contributed by atoms with E-state index in [1.807, 2.05) is 16.3 Å². The molecule has 3 aliphatic rings. The van der Waals surface area contributed by atoms with Gasteiger partial charge in [-0.3, -0.25) is 4.79 Å². The van der Waals surface area contributed by atoms with E-state index < -0.39 is 18.0 Å². The summed E-state index contributed by atoms with van der Waals surface area (Å²) in [6.45, 7) is 5.07. The fraction of sp³-hybridized carbons (Fsp3) is 0.625. The number of aromatic nitrogens is 3. The molecule has 4 rings (SSSR count). The molecule has 128 valence electrons. The zero-order chi connectivity index (χ0) is 17.2. The molecule has 4 atom stereocenters. The smallest absolute Gasteiger partial charge is 0.306 e. The summed E-state index contributed by atoms with van der Waals surface area (Å²) < 4.78 is 4.00. The normalized spacial score (nSPS) is 32.6. The van der Waals surface area contributed by atoms with Gasteiger partial charge in [0.05, 0.1) is 36.3 Å². The number of hydrogen-bond acceptors (Lipinski definition) is 5.